The molecule has 1 aliphatic rings. The lowest BCUT2D eigenvalue weighted by Gasteiger charge is -2.33. The third kappa shape index (κ3) is 4.65. The minimum atomic E-state index is -4.13. The van der Waals surface area contributed by atoms with E-state index in [0.29, 0.717) is 25.3 Å². The zero-order valence-electron chi connectivity index (χ0n) is 17.0. The Morgan fingerprint density at radius 2 is 1.93 bits per heavy atom. The molecule has 1 fully saturated rings. The molecule has 0 bridgehead atoms. The maximum absolute atomic E-state index is 12.9. The maximum atomic E-state index is 12.9. The fourth-order valence-corrected chi connectivity index (χ4v) is 5.13. The highest BCUT2D eigenvalue weighted by molar-refractivity contribution is 7.87. The normalized spacial score (nSPS) is 15.1. The zero-order chi connectivity index (χ0) is 21.9. The van der Waals surface area contributed by atoms with Gasteiger partial charge in [-0.1, -0.05) is 36.7 Å². The van der Waals surface area contributed by atoms with E-state index in [0.717, 1.165) is 24.0 Å². The lowest BCUT2D eigenvalue weighted by Crippen LogP contribution is -2.41. The van der Waals surface area contributed by atoms with Gasteiger partial charge < -0.3 is 19.6 Å². The van der Waals surface area contributed by atoms with Gasteiger partial charge in [0.1, 0.15) is 4.90 Å². The standard InChI is InChI=1S/C21H26ClN3O4S/c1-3-14-12-16(15-8-10-25(11-9-15)21(23)24)20(28-2)18(13-14)29-30(26,27)19-7-5-4-6-17(19)22/h4-7,12-13,15H,3,8-11H2,1-2H3,(H3,23,24). The maximum Gasteiger partial charge on any atom is 0.340 e. The summed E-state index contributed by atoms with van der Waals surface area (Å²) >= 11 is 6.08. The molecule has 3 rings (SSSR count). The minimum absolute atomic E-state index is 0.0672. The van der Waals surface area contributed by atoms with Crippen molar-refractivity contribution in [3.05, 3.63) is 52.5 Å². The molecule has 3 N–H and O–H groups in total. The van der Waals surface area contributed by atoms with Gasteiger partial charge in [0.2, 0.25) is 0 Å². The van der Waals surface area contributed by atoms with Crippen molar-refractivity contribution in [1.29, 1.82) is 5.41 Å². The van der Waals surface area contributed by atoms with Crippen LogP contribution in [0.3, 0.4) is 0 Å². The van der Waals surface area contributed by atoms with Crippen LogP contribution in [-0.4, -0.2) is 39.5 Å². The van der Waals surface area contributed by atoms with Crippen molar-refractivity contribution in [2.45, 2.75) is 37.0 Å². The van der Waals surface area contributed by atoms with Gasteiger partial charge in [-0.05, 0) is 48.9 Å². The van der Waals surface area contributed by atoms with Crippen LogP contribution >= 0.6 is 11.6 Å². The van der Waals surface area contributed by atoms with Crippen LogP contribution in [0.2, 0.25) is 5.02 Å². The van der Waals surface area contributed by atoms with E-state index < -0.39 is 10.1 Å². The molecule has 9 heteroatoms. The third-order valence-electron chi connectivity index (χ3n) is 5.34. The van der Waals surface area contributed by atoms with E-state index in [-0.39, 0.29) is 27.5 Å². The van der Waals surface area contributed by atoms with Crippen molar-refractivity contribution in [1.82, 2.24) is 4.90 Å². The van der Waals surface area contributed by atoms with Crippen molar-refractivity contribution in [2.75, 3.05) is 20.2 Å². The third-order valence-corrected chi connectivity index (χ3v) is 7.07. The van der Waals surface area contributed by atoms with Gasteiger partial charge in [-0.25, -0.2) is 0 Å². The number of hydrogen-bond acceptors (Lipinski definition) is 5. The molecule has 0 spiro atoms. The Balaban J connectivity index is 1.98. The highest BCUT2D eigenvalue weighted by atomic mass is 35.5. The number of hydrogen-bond donors (Lipinski definition) is 2. The molecule has 162 valence electrons. The predicted octanol–water partition coefficient (Wildman–Crippen LogP) is 3.75. The Kier molecular flexibility index (Phi) is 6.77. The van der Waals surface area contributed by atoms with Crippen LogP contribution in [0.1, 0.15) is 36.8 Å². The summed E-state index contributed by atoms with van der Waals surface area (Å²) < 4.78 is 36.9. The Hall–Kier alpha value is -2.45. The SMILES string of the molecule is CCc1cc(OS(=O)(=O)c2ccccc2Cl)c(OC)c(C2CCN(C(=N)N)CC2)c1. The summed E-state index contributed by atoms with van der Waals surface area (Å²) in [6.45, 7) is 3.32. The molecule has 0 unspecified atom stereocenters. The van der Waals surface area contributed by atoms with Crippen molar-refractivity contribution in [3.8, 4) is 11.5 Å². The van der Waals surface area contributed by atoms with Crippen molar-refractivity contribution in [2.24, 2.45) is 5.73 Å². The highest BCUT2D eigenvalue weighted by Crippen LogP contribution is 2.42. The summed E-state index contributed by atoms with van der Waals surface area (Å²) in [5.74, 6) is 0.773. The summed E-state index contributed by atoms with van der Waals surface area (Å²) in [4.78, 5) is 1.73. The molecule has 30 heavy (non-hydrogen) atoms. The average molecular weight is 452 g/mol. The molecular formula is C21H26ClN3O4S. The molecule has 2 aromatic rings. The summed E-state index contributed by atoms with van der Waals surface area (Å²) in [5, 5.41) is 7.71. The molecule has 1 heterocycles. The average Bonchev–Trinajstić information content (AvgIpc) is 2.73. The predicted molar refractivity (Wildman–Crippen MR) is 117 cm³/mol. The first-order chi connectivity index (χ1) is 14.3. The van der Waals surface area contributed by atoms with Gasteiger partial charge in [0.05, 0.1) is 12.1 Å². The second kappa shape index (κ2) is 9.14. The molecule has 0 atom stereocenters. The van der Waals surface area contributed by atoms with Gasteiger partial charge in [-0.15, -0.1) is 0 Å². The summed E-state index contributed by atoms with van der Waals surface area (Å²) in [6.07, 6.45) is 2.27. The van der Waals surface area contributed by atoms with E-state index in [4.69, 9.17) is 31.7 Å². The molecule has 1 aliphatic heterocycles. The summed E-state index contributed by atoms with van der Waals surface area (Å²) in [5.41, 5.74) is 7.46. The zero-order valence-corrected chi connectivity index (χ0v) is 18.6. The van der Waals surface area contributed by atoms with Crippen LogP contribution in [-0.2, 0) is 16.5 Å². The van der Waals surface area contributed by atoms with Crippen LogP contribution < -0.4 is 14.7 Å². The van der Waals surface area contributed by atoms with Crippen LogP contribution in [0.5, 0.6) is 11.5 Å². The number of likely N-dealkylation sites (tertiary alicyclic amines) is 1. The summed E-state index contributed by atoms with van der Waals surface area (Å²) in [7, 11) is -2.63. The first-order valence-corrected chi connectivity index (χ1v) is 11.5. The smallest absolute Gasteiger partial charge is 0.340 e. The molecule has 2 aromatic carbocycles. The fourth-order valence-electron chi connectivity index (χ4n) is 3.71. The van der Waals surface area contributed by atoms with E-state index >= 15 is 0 Å². The van der Waals surface area contributed by atoms with E-state index in [2.05, 4.69) is 0 Å². The van der Waals surface area contributed by atoms with E-state index in [1.165, 1.54) is 19.2 Å². The number of piperidine rings is 1. The summed E-state index contributed by atoms with van der Waals surface area (Å²) in [6, 6.07) is 9.91. The molecule has 7 nitrogen and oxygen atoms in total. The number of rotatable bonds is 6. The molecule has 0 radical (unpaired) electrons. The van der Waals surface area contributed by atoms with Crippen LogP contribution in [0.4, 0.5) is 0 Å². The quantitative estimate of drug-likeness (QED) is 0.393. The van der Waals surface area contributed by atoms with Crippen LogP contribution in [0, 0.1) is 5.41 Å². The van der Waals surface area contributed by atoms with E-state index in [9.17, 15) is 8.42 Å². The minimum Gasteiger partial charge on any atom is -0.492 e. The molecular weight excluding hydrogens is 426 g/mol. The molecule has 1 saturated heterocycles. The Morgan fingerprint density at radius 3 is 2.50 bits per heavy atom. The van der Waals surface area contributed by atoms with Gasteiger partial charge in [0.15, 0.2) is 17.5 Å². The lowest BCUT2D eigenvalue weighted by molar-refractivity contribution is 0.301. The van der Waals surface area contributed by atoms with E-state index in [1.807, 2.05) is 17.9 Å². The van der Waals surface area contributed by atoms with Crippen molar-refractivity contribution in [3.63, 3.8) is 0 Å². The number of nitrogens with two attached hydrogens (primary N) is 1. The Bertz CT molecular complexity index is 1030. The van der Waals surface area contributed by atoms with Gasteiger partial charge >= 0.3 is 10.1 Å². The van der Waals surface area contributed by atoms with Crippen molar-refractivity contribution >= 4 is 27.7 Å². The first kappa shape index (κ1) is 22.2. The second-order valence-electron chi connectivity index (χ2n) is 7.18. The molecule has 0 saturated carbocycles. The number of methoxy groups -OCH3 is 1. The van der Waals surface area contributed by atoms with Gasteiger partial charge in [-0.2, -0.15) is 8.42 Å². The number of nitrogens with zero attached hydrogens (tertiary/aromatic N) is 1. The second-order valence-corrected chi connectivity index (χ2v) is 9.11. The Morgan fingerprint density at radius 1 is 1.27 bits per heavy atom. The fraction of sp³-hybridized carbons (Fsp3) is 0.381. The molecule has 0 amide bonds. The lowest BCUT2D eigenvalue weighted by atomic mass is 9.87. The van der Waals surface area contributed by atoms with E-state index in [1.54, 1.807) is 18.2 Å². The number of benzene rings is 2. The largest absolute Gasteiger partial charge is 0.492 e. The molecule has 0 aliphatic carbocycles. The number of nitrogens with one attached hydrogen (secondary N) is 1. The first-order valence-electron chi connectivity index (χ1n) is 9.75. The monoisotopic (exact) mass is 451 g/mol. The van der Waals surface area contributed by atoms with Crippen LogP contribution in [0.15, 0.2) is 41.3 Å². The van der Waals surface area contributed by atoms with Crippen molar-refractivity contribution < 1.29 is 17.3 Å². The van der Waals surface area contributed by atoms with Crippen LogP contribution in [0.25, 0.3) is 0 Å². The number of ether oxygens (including phenoxy) is 1. The topological polar surface area (TPSA) is 106 Å². The number of guanidine groups is 1. The van der Waals surface area contributed by atoms with Gasteiger partial charge in [0, 0.05) is 18.7 Å². The molecule has 0 aromatic heterocycles. The number of halogens is 1. The van der Waals surface area contributed by atoms with Gasteiger partial charge in [-0.3, -0.25) is 5.41 Å². The Labute approximate surface area is 182 Å². The van der Waals surface area contributed by atoms with Gasteiger partial charge in [0.25, 0.3) is 0 Å². The number of aryl methyl sites for hydroxylation is 1. The highest BCUT2D eigenvalue weighted by Gasteiger charge is 2.28.